The molecule has 0 rings (SSSR count). The van der Waals surface area contributed by atoms with Gasteiger partial charge in [-0.1, -0.05) is 0 Å². The highest BCUT2D eigenvalue weighted by Gasteiger charge is 2.29. The predicted octanol–water partition coefficient (Wildman–Crippen LogP) is 1.12. The second-order valence-electron chi connectivity index (χ2n) is 2.36. The summed E-state index contributed by atoms with van der Waals surface area (Å²) in [5, 5.41) is 8.15. The smallest absolute Gasteiger partial charge is 0.422 e. The number of esters is 1. The van der Waals surface area contributed by atoms with E-state index in [9.17, 15) is 22.8 Å². The quantitative estimate of drug-likeness (QED) is 0.562. The highest BCUT2D eigenvalue weighted by molar-refractivity contribution is 5.95. The Balaban J connectivity index is 4.17. The number of hydrogen-bond donors (Lipinski definition) is 1. The van der Waals surface area contributed by atoms with E-state index in [2.05, 4.69) is 4.74 Å². The summed E-state index contributed by atoms with van der Waals surface area (Å²) in [5.74, 6) is -2.73. The lowest BCUT2D eigenvalue weighted by Gasteiger charge is -2.07. The van der Waals surface area contributed by atoms with Crippen molar-refractivity contribution in [2.75, 3.05) is 6.61 Å². The minimum absolute atomic E-state index is 0.401. The molecule has 0 spiro atoms. The Morgan fingerprint density at radius 2 is 1.93 bits per heavy atom. The lowest BCUT2D eigenvalue weighted by molar-refractivity contribution is -0.183. The van der Waals surface area contributed by atoms with Crippen LogP contribution in [0.1, 0.15) is 6.92 Å². The van der Waals surface area contributed by atoms with Gasteiger partial charge in [0.25, 0.3) is 0 Å². The first-order chi connectivity index (χ1) is 6.22. The lowest BCUT2D eigenvalue weighted by atomic mass is 10.3. The van der Waals surface area contributed by atoms with Gasteiger partial charge in [0.2, 0.25) is 0 Å². The number of carbonyl (C=O) groups is 2. The Morgan fingerprint density at radius 3 is 2.29 bits per heavy atom. The van der Waals surface area contributed by atoms with Crippen LogP contribution in [0.25, 0.3) is 0 Å². The SMILES string of the molecule is CC(=CC(=O)O)C(=O)OCC(F)(F)F. The van der Waals surface area contributed by atoms with Crippen molar-refractivity contribution in [2.45, 2.75) is 13.1 Å². The molecule has 0 bridgehead atoms. The maximum absolute atomic E-state index is 11.5. The zero-order valence-electron chi connectivity index (χ0n) is 7.09. The normalized spacial score (nSPS) is 12.4. The van der Waals surface area contributed by atoms with E-state index in [1.807, 2.05) is 0 Å². The average molecular weight is 212 g/mol. The fourth-order valence-electron chi connectivity index (χ4n) is 0.505. The molecule has 0 aromatic rings. The minimum atomic E-state index is -4.61. The molecule has 0 amide bonds. The van der Waals surface area contributed by atoms with Gasteiger partial charge in [-0.05, 0) is 6.92 Å². The summed E-state index contributed by atoms with van der Waals surface area (Å²) < 4.78 is 38.4. The second kappa shape index (κ2) is 4.64. The van der Waals surface area contributed by atoms with E-state index in [1.165, 1.54) is 0 Å². The highest BCUT2D eigenvalue weighted by atomic mass is 19.4. The van der Waals surface area contributed by atoms with Crippen molar-refractivity contribution in [3.63, 3.8) is 0 Å². The number of rotatable bonds is 3. The van der Waals surface area contributed by atoms with E-state index in [4.69, 9.17) is 5.11 Å². The van der Waals surface area contributed by atoms with Crippen LogP contribution in [0.3, 0.4) is 0 Å². The summed E-state index contributed by atoms with van der Waals surface area (Å²) in [6.07, 6.45) is -4.14. The topological polar surface area (TPSA) is 63.6 Å². The highest BCUT2D eigenvalue weighted by Crippen LogP contribution is 2.15. The second-order valence-corrected chi connectivity index (χ2v) is 2.36. The number of halogens is 3. The third-order valence-electron chi connectivity index (χ3n) is 1.03. The Hall–Kier alpha value is -1.53. The molecular weight excluding hydrogens is 205 g/mol. The van der Waals surface area contributed by atoms with Crippen molar-refractivity contribution >= 4 is 11.9 Å². The molecule has 7 heteroatoms. The zero-order chi connectivity index (χ0) is 11.4. The van der Waals surface area contributed by atoms with E-state index in [0.717, 1.165) is 6.92 Å². The van der Waals surface area contributed by atoms with Crippen molar-refractivity contribution in [1.29, 1.82) is 0 Å². The summed E-state index contributed by atoms with van der Waals surface area (Å²) in [5.41, 5.74) is -0.401. The monoisotopic (exact) mass is 212 g/mol. The first kappa shape index (κ1) is 12.5. The molecule has 0 aliphatic heterocycles. The average Bonchev–Trinajstić information content (AvgIpc) is 1.97. The van der Waals surface area contributed by atoms with Gasteiger partial charge in [-0.3, -0.25) is 0 Å². The maximum Gasteiger partial charge on any atom is 0.422 e. The molecule has 0 heterocycles. The molecule has 0 fully saturated rings. The first-order valence-corrected chi connectivity index (χ1v) is 3.37. The molecule has 0 saturated carbocycles. The van der Waals surface area contributed by atoms with Crippen LogP contribution in [0.4, 0.5) is 13.2 Å². The van der Waals surface area contributed by atoms with Gasteiger partial charge in [0.1, 0.15) is 0 Å². The Kier molecular flexibility index (Phi) is 4.13. The molecule has 14 heavy (non-hydrogen) atoms. The van der Waals surface area contributed by atoms with E-state index >= 15 is 0 Å². The molecule has 1 N–H and O–H groups in total. The Labute approximate surface area is 77.0 Å². The summed E-state index contributed by atoms with van der Waals surface area (Å²) in [6.45, 7) is -0.677. The van der Waals surface area contributed by atoms with Gasteiger partial charge in [-0.2, -0.15) is 13.2 Å². The van der Waals surface area contributed by atoms with Crippen molar-refractivity contribution in [3.05, 3.63) is 11.6 Å². The molecule has 0 aromatic carbocycles. The minimum Gasteiger partial charge on any atom is -0.478 e. The van der Waals surface area contributed by atoms with Crippen LogP contribution in [0, 0.1) is 0 Å². The number of alkyl halides is 3. The van der Waals surface area contributed by atoms with Crippen molar-refractivity contribution in [3.8, 4) is 0 Å². The number of carboxylic acid groups (broad SMARTS) is 1. The summed E-state index contributed by atoms with van der Waals surface area (Å²) in [4.78, 5) is 20.7. The zero-order valence-corrected chi connectivity index (χ0v) is 7.09. The van der Waals surface area contributed by atoms with Crippen molar-refractivity contribution in [1.82, 2.24) is 0 Å². The molecule has 0 radical (unpaired) electrons. The molecule has 0 aliphatic carbocycles. The molecule has 4 nitrogen and oxygen atoms in total. The van der Waals surface area contributed by atoms with Gasteiger partial charge in [-0.15, -0.1) is 0 Å². The largest absolute Gasteiger partial charge is 0.478 e. The molecular formula is C7H7F3O4. The maximum atomic E-state index is 11.5. The van der Waals surface area contributed by atoms with Crippen LogP contribution >= 0.6 is 0 Å². The molecule has 80 valence electrons. The van der Waals surface area contributed by atoms with Crippen molar-refractivity contribution in [2.24, 2.45) is 0 Å². The van der Waals surface area contributed by atoms with Crippen LogP contribution in [0.5, 0.6) is 0 Å². The number of carboxylic acids is 1. The van der Waals surface area contributed by atoms with Crippen LogP contribution in [-0.4, -0.2) is 29.8 Å². The van der Waals surface area contributed by atoms with Crippen molar-refractivity contribution < 1.29 is 32.6 Å². The number of ether oxygens (including phenoxy) is 1. The third-order valence-corrected chi connectivity index (χ3v) is 1.03. The number of aliphatic carboxylic acids is 1. The Morgan fingerprint density at radius 1 is 1.43 bits per heavy atom. The summed E-state index contributed by atoms with van der Waals surface area (Å²) in [6, 6.07) is 0. The van der Waals surface area contributed by atoms with Gasteiger partial charge >= 0.3 is 18.1 Å². The molecule has 0 saturated heterocycles. The van der Waals surface area contributed by atoms with E-state index in [0.29, 0.717) is 6.08 Å². The molecule has 0 atom stereocenters. The van der Waals surface area contributed by atoms with Gasteiger partial charge in [0.15, 0.2) is 6.61 Å². The third kappa shape index (κ3) is 6.04. The summed E-state index contributed by atoms with van der Waals surface area (Å²) >= 11 is 0. The molecule has 0 aliphatic rings. The molecule has 0 unspecified atom stereocenters. The molecule has 0 aromatic heterocycles. The van der Waals surface area contributed by atoms with Gasteiger partial charge in [0.05, 0.1) is 0 Å². The van der Waals surface area contributed by atoms with Crippen LogP contribution in [0.2, 0.25) is 0 Å². The van der Waals surface area contributed by atoms with Crippen LogP contribution < -0.4 is 0 Å². The standard InChI is InChI=1S/C7H7F3O4/c1-4(2-5(11)12)6(13)14-3-7(8,9)10/h2H,3H2,1H3,(H,11,12). The van der Waals surface area contributed by atoms with Gasteiger partial charge < -0.3 is 9.84 Å². The van der Waals surface area contributed by atoms with E-state index in [1.54, 1.807) is 0 Å². The number of hydrogen-bond acceptors (Lipinski definition) is 3. The van der Waals surface area contributed by atoms with Crippen LogP contribution in [0.15, 0.2) is 11.6 Å². The Bertz CT molecular complexity index is 267. The van der Waals surface area contributed by atoms with Gasteiger partial charge in [-0.25, -0.2) is 9.59 Å². The van der Waals surface area contributed by atoms with E-state index < -0.39 is 30.3 Å². The number of carbonyl (C=O) groups excluding carboxylic acids is 1. The first-order valence-electron chi connectivity index (χ1n) is 3.37. The van der Waals surface area contributed by atoms with E-state index in [-0.39, 0.29) is 0 Å². The summed E-state index contributed by atoms with van der Waals surface area (Å²) in [7, 11) is 0. The fourth-order valence-corrected chi connectivity index (χ4v) is 0.505. The fraction of sp³-hybridized carbons (Fsp3) is 0.429. The predicted molar refractivity (Wildman–Crippen MR) is 38.4 cm³/mol. The lowest BCUT2D eigenvalue weighted by Crippen LogP contribution is -2.20. The van der Waals surface area contributed by atoms with Gasteiger partial charge in [0, 0.05) is 11.6 Å². The van der Waals surface area contributed by atoms with Crippen LogP contribution in [-0.2, 0) is 14.3 Å².